The standard InChI is InChI=1S/C4H6O4.Ca.H2O/c5-3(6)1-2-4(7)8;;/h1-2H2,(H,5,6)(H,7,8);;1H2. The number of aliphatic carboxylic acids is 2. The second-order valence-electron chi connectivity index (χ2n) is 1.29. The quantitative estimate of drug-likeness (QED) is 0.523. The van der Waals surface area contributed by atoms with Crippen LogP contribution in [0.1, 0.15) is 12.8 Å². The Hall–Kier alpha value is 0.160. The van der Waals surface area contributed by atoms with Gasteiger partial charge in [-0.2, -0.15) is 0 Å². The molecule has 5 nitrogen and oxygen atoms in total. The average Bonchev–Trinajstić information content (AvgIpc) is 1.61. The van der Waals surface area contributed by atoms with Crippen molar-refractivity contribution in [3.63, 3.8) is 0 Å². The van der Waals surface area contributed by atoms with E-state index >= 15 is 0 Å². The Morgan fingerprint density at radius 3 is 1.30 bits per heavy atom. The summed E-state index contributed by atoms with van der Waals surface area (Å²) in [4.78, 5) is 19.3. The predicted molar refractivity (Wildman–Crippen MR) is 33.9 cm³/mol. The SMILES string of the molecule is O.O=C(O)CCC(=O)O.[Ca]. The molecule has 0 spiro atoms. The van der Waals surface area contributed by atoms with E-state index in [2.05, 4.69) is 0 Å². The van der Waals surface area contributed by atoms with Gasteiger partial charge in [0, 0.05) is 37.7 Å². The molecule has 0 aliphatic carbocycles. The van der Waals surface area contributed by atoms with E-state index in [-0.39, 0.29) is 56.1 Å². The topological polar surface area (TPSA) is 106 Å². The van der Waals surface area contributed by atoms with Gasteiger partial charge in [0.25, 0.3) is 0 Å². The van der Waals surface area contributed by atoms with Gasteiger partial charge in [-0.3, -0.25) is 9.59 Å². The van der Waals surface area contributed by atoms with Crippen LogP contribution in [-0.2, 0) is 9.59 Å². The summed E-state index contributed by atoms with van der Waals surface area (Å²) in [6.45, 7) is 0. The number of carbonyl (C=O) groups is 2. The van der Waals surface area contributed by atoms with E-state index in [1.54, 1.807) is 0 Å². The van der Waals surface area contributed by atoms with Crippen molar-refractivity contribution in [1.82, 2.24) is 0 Å². The number of carboxylic acids is 2. The molecule has 56 valence electrons. The second-order valence-corrected chi connectivity index (χ2v) is 1.29. The molecule has 0 fully saturated rings. The summed E-state index contributed by atoms with van der Waals surface area (Å²) in [6, 6.07) is 0. The minimum absolute atomic E-state index is 0. The van der Waals surface area contributed by atoms with E-state index in [1.165, 1.54) is 0 Å². The summed E-state index contributed by atoms with van der Waals surface area (Å²) in [6.07, 6.45) is -0.593. The van der Waals surface area contributed by atoms with Crippen LogP contribution >= 0.6 is 0 Å². The predicted octanol–water partition coefficient (Wildman–Crippen LogP) is -1.27. The Kier molecular flexibility index (Phi) is 15.2. The molecule has 0 heterocycles. The van der Waals surface area contributed by atoms with Gasteiger partial charge in [-0.05, 0) is 0 Å². The maximum absolute atomic E-state index is 9.64. The van der Waals surface area contributed by atoms with Crippen LogP contribution in [0.4, 0.5) is 0 Å². The monoisotopic (exact) mass is 176 g/mol. The summed E-state index contributed by atoms with van der Waals surface area (Å²) in [5.74, 6) is -2.15. The van der Waals surface area contributed by atoms with Gasteiger partial charge in [0.15, 0.2) is 0 Å². The van der Waals surface area contributed by atoms with Crippen LogP contribution in [0.25, 0.3) is 0 Å². The van der Waals surface area contributed by atoms with Crippen molar-refractivity contribution in [2.75, 3.05) is 0 Å². The number of carboxylic acid groups (broad SMARTS) is 2. The molecule has 0 atom stereocenters. The van der Waals surface area contributed by atoms with E-state index < -0.39 is 11.9 Å². The third-order valence-corrected chi connectivity index (χ3v) is 0.553. The third kappa shape index (κ3) is 15.7. The van der Waals surface area contributed by atoms with Crippen molar-refractivity contribution in [1.29, 1.82) is 0 Å². The zero-order valence-electron chi connectivity index (χ0n) is 5.33. The van der Waals surface area contributed by atoms with Crippen LogP contribution in [-0.4, -0.2) is 65.4 Å². The summed E-state index contributed by atoms with van der Waals surface area (Å²) in [5, 5.41) is 15.8. The van der Waals surface area contributed by atoms with E-state index in [4.69, 9.17) is 10.2 Å². The molecular formula is C4H8CaO5. The number of hydrogen-bond acceptors (Lipinski definition) is 2. The molecule has 0 rings (SSSR count). The molecule has 0 amide bonds. The average molecular weight is 176 g/mol. The molecule has 0 aromatic heterocycles. The molecule has 4 N–H and O–H groups in total. The molecule has 0 aliphatic heterocycles. The molecule has 0 aromatic rings. The van der Waals surface area contributed by atoms with E-state index in [0.29, 0.717) is 0 Å². The van der Waals surface area contributed by atoms with Gasteiger partial charge in [0.1, 0.15) is 0 Å². The Bertz CT molecular complexity index is 98.2. The van der Waals surface area contributed by atoms with Gasteiger partial charge < -0.3 is 15.7 Å². The fourth-order valence-corrected chi connectivity index (χ4v) is 0.214. The van der Waals surface area contributed by atoms with Crippen LogP contribution in [0.3, 0.4) is 0 Å². The first-order valence-electron chi connectivity index (χ1n) is 2.06. The van der Waals surface area contributed by atoms with Crippen molar-refractivity contribution in [2.45, 2.75) is 12.8 Å². The van der Waals surface area contributed by atoms with Gasteiger partial charge in [-0.15, -0.1) is 0 Å². The smallest absolute Gasteiger partial charge is 0.303 e. The Morgan fingerprint density at radius 1 is 1.00 bits per heavy atom. The molecule has 2 radical (unpaired) electrons. The van der Waals surface area contributed by atoms with Crippen LogP contribution in [0, 0.1) is 0 Å². The summed E-state index contributed by atoms with van der Waals surface area (Å²) in [5.41, 5.74) is 0. The van der Waals surface area contributed by atoms with Crippen LogP contribution in [0.5, 0.6) is 0 Å². The Morgan fingerprint density at radius 2 is 1.20 bits per heavy atom. The Labute approximate surface area is 87.3 Å². The zero-order chi connectivity index (χ0) is 6.57. The molecule has 0 saturated heterocycles. The second kappa shape index (κ2) is 9.16. The molecule has 0 bridgehead atoms. The summed E-state index contributed by atoms with van der Waals surface area (Å²) < 4.78 is 0. The van der Waals surface area contributed by atoms with Gasteiger partial charge in [-0.1, -0.05) is 0 Å². The van der Waals surface area contributed by atoms with Crippen LogP contribution < -0.4 is 0 Å². The molecule has 10 heavy (non-hydrogen) atoms. The molecule has 0 saturated carbocycles. The normalized spacial score (nSPS) is 6.80. The van der Waals surface area contributed by atoms with Gasteiger partial charge in [0.05, 0.1) is 12.8 Å². The van der Waals surface area contributed by atoms with Gasteiger partial charge in [0.2, 0.25) is 0 Å². The minimum atomic E-state index is -1.08. The maximum atomic E-state index is 9.64. The van der Waals surface area contributed by atoms with Gasteiger partial charge in [-0.25, -0.2) is 0 Å². The van der Waals surface area contributed by atoms with Crippen molar-refractivity contribution in [3.8, 4) is 0 Å². The van der Waals surface area contributed by atoms with Crippen LogP contribution in [0.15, 0.2) is 0 Å². The van der Waals surface area contributed by atoms with Crippen molar-refractivity contribution < 1.29 is 25.3 Å². The van der Waals surface area contributed by atoms with Crippen LogP contribution in [0.2, 0.25) is 0 Å². The summed E-state index contributed by atoms with van der Waals surface area (Å²) >= 11 is 0. The zero-order valence-corrected chi connectivity index (χ0v) is 7.54. The number of rotatable bonds is 3. The van der Waals surface area contributed by atoms with Crippen molar-refractivity contribution >= 4 is 49.7 Å². The first-order valence-corrected chi connectivity index (χ1v) is 2.06. The molecule has 6 heteroatoms. The summed E-state index contributed by atoms with van der Waals surface area (Å²) in [7, 11) is 0. The number of hydrogen-bond donors (Lipinski definition) is 2. The first kappa shape index (κ1) is 16.6. The molecule has 0 aromatic carbocycles. The maximum Gasteiger partial charge on any atom is 0.303 e. The molecule has 0 aliphatic rings. The van der Waals surface area contributed by atoms with Crippen molar-refractivity contribution in [2.24, 2.45) is 0 Å². The first-order chi connectivity index (χ1) is 3.63. The van der Waals surface area contributed by atoms with E-state index in [1.807, 2.05) is 0 Å². The fraction of sp³-hybridized carbons (Fsp3) is 0.500. The van der Waals surface area contributed by atoms with E-state index in [0.717, 1.165) is 0 Å². The van der Waals surface area contributed by atoms with Gasteiger partial charge >= 0.3 is 11.9 Å². The third-order valence-electron chi connectivity index (χ3n) is 0.553. The largest absolute Gasteiger partial charge is 0.481 e. The fourth-order valence-electron chi connectivity index (χ4n) is 0.214. The molecular weight excluding hydrogens is 168 g/mol. The Balaban J connectivity index is -0.000000245. The van der Waals surface area contributed by atoms with E-state index in [9.17, 15) is 9.59 Å². The molecule has 0 unspecified atom stereocenters. The van der Waals surface area contributed by atoms with Crippen molar-refractivity contribution in [3.05, 3.63) is 0 Å². The minimum Gasteiger partial charge on any atom is -0.481 e.